The summed E-state index contributed by atoms with van der Waals surface area (Å²) in [6.07, 6.45) is 2.34. The molecule has 1 aliphatic rings. The van der Waals surface area contributed by atoms with Crippen LogP contribution in [0.1, 0.15) is 24.0 Å². The van der Waals surface area contributed by atoms with E-state index in [0.717, 1.165) is 25.6 Å². The number of halogens is 1. The molecule has 1 aromatic carbocycles. The highest BCUT2D eigenvalue weighted by atomic mass is 19.1. The summed E-state index contributed by atoms with van der Waals surface area (Å²) < 4.78 is 14.0. The molecule has 0 spiro atoms. The fraction of sp³-hybridized carbons (Fsp3) is 0.562. The Kier molecular flexibility index (Phi) is 5.31. The lowest BCUT2D eigenvalue weighted by Gasteiger charge is -2.33. The van der Waals surface area contributed by atoms with Crippen LogP contribution in [0.2, 0.25) is 0 Å². The van der Waals surface area contributed by atoms with E-state index in [2.05, 4.69) is 23.9 Å². The average molecular weight is 292 g/mol. The predicted octanol–water partition coefficient (Wildman–Crippen LogP) is 1.88. The molecule has 1 aliphatic heterocycles. The molecule has 0 saturated carbocycles. The Morgan fingerprint density at radius 1 is 1.38 bits per heavy atom. The standard InChI is InChI=1S/C16H25FN4/c1-20(2)10-12-5-7-21(8-6-12)11-14-4-3-13(16(18)19)9-15(14)17/h3-4,9,12H,5-8,10-11H2,1-2H3,(H3,18,19). The van der Waals surface area contributed by atoms with Crippen molar-refractivity contribution in [2.24, 2.45) is 11.7 Å². The number of nitrogens with zero attached hydrogens (tertiary/aromatic N) is 2. The van der Waals surface area contributed by atoms with E-state index < -0.39 is 0 Å². The molecule has 5 heteroatoms. The van der Waals surface area contributed by atoms with E-state index in [4.69, 9.17) is 11.1 Å². The van der Waals surface area contributed by atoms with Crippen molar-refractivity contribution >= 4 is 5.84 Å². The second kappa shape index (κ2) is 7.00. The van der Waals surface area contributed by atoms with Crippen LogP contribution < -0.4 is 5.73 Å². The number of likely N-dealkylation sites (tertiary alicyclic amines) is 1. The molecule has 0 amide bonds. The molecule has 116 valence electrons. The van der Waals surface area contributed by atoms with Crippen molar-refractivity contribution in [1.29, 1.82) is 5.41 Å². The fourth-order valence-electron chi connectivity index (χ4n) is 2.93. The molecule has 1 saturated heterocycles. The van der Waals surface area contributed by atoms with Gasteiger partial charge in [-0.15, -0.1) is 0 Å². The number of nitrogens with one attached hydrogen (secondary N) is 1. The van der Waals surface area contributed by atoms with Gasteiger partial charge < -0.3 is 10.6 Å². The average Bonchev–Trinajstić information content (AvgIpc) is 2.42. The number of rotatable bonds is 5. The van der Waals surface area contributed by atoms with E-state index in [1.54, 1.807) is 12.1 Å². The molecule has 0 atom stereocenters. The van der Waals surface area contributed by atoms with Gasteiger partial charge in [-0.2, -0.15) is 0 Å². The summed E-state index contributed by atoms with van der Waals surface area (Å²) >= 11 is 0. The van der Waals surface area contributed by atoms with E-state index in [9.17, 15) is 4.39 Å². The molecule has 21 heavy (non-hydrogen) atoms. The smallest absolute Gasteiger partial charge is 0.128 e. The van der Waals surface area contributed by atoms with Crippen molar-refractivity contribution in [3.8, 4) is 0 Å². The van der Waals surface area contributed by atoms with Gasteiger partial charge in [-0.25, -0.2) is 4.39 Å². The van der Waals surface area contributed by atoms with Gasteiger partial charge in [0.15, 0.2) is 0 Å². The highest BCUT2D eigenvalue weighted by Crippen LogP contribution is 2.20. The minimum absolute atomic E-state index is 0.0926. The van der Waals surface area contributed by atoms with Gasteiger partial charge >= 0.3 is 0 Å². The van der Waals surface area contributed by atoms with Crippen LogP contribution in [0.25, 0.3) is 0 Å². The summed E-state index contributed by atoms with van der Waals surface area (Å²) in [5, 5.41) is 7.33. The lowest BCUT2D eigenvalue weighted by molar-refractivity contribution is 0.155. The predicted molar refractivity (Wildman–Crippen MR) is 84.0 cm³/mol. The van der Waals surface area contributed by atoms with E-state index in [1.807, 2.05) is 0 Å². The maximum absolute atomic E-state index is 14.0. The molecular formula is C16H25FN4. The zero-order valence-corrected chi connectivity index (χ0v) is 12.9. The van der Waals surface area contributed by atoms with E-state index in [1.165, 1.54) is 18.9 Å². The first-order valence-corrected chi connectivity index (χ1v) is 7.45. The van der Waals surface area contributed by atoms with Gasteiger partial charge in [0, 0.05) is 24.2 Å². The fourth-order valence-corrected chi connectivity index (χ4v) is 2.93. The van der Waals surface area contributed by atoms with Gasteiger partial charge in [-0.3, -0.25) is 10.3 Å². The molecule has 1 aromatic rings. The third-order valence-electron chi connectivity index (χ3n) is 4.09. The molecule has 0 unspecified atom stereocenters. The Hall–Kier alpha value is -1.46. The molecule has 2 rings (SSSR count). The SMILES string of the molecule is CN(C)CC1CCN(Cc2ccc(C(=N)N)cc2F)CC1. The van der Waals surface area contributed by atoms with Crippen molar-refractivity contribution < 1.29 is 4.39 Å². The van der Waals surface area contributed by atoms with Crippen LogP contribution >= 0.6 is 0 Å². The van der Waals surface area contributed by atoms with Crippen LogP contribution in [0, 0.1) is 17.1 Å². The van der Waals surface area contributed by atoms with Crippen molar-refractivity contribution in [2.45, 2.75) is 19.4 Å². The first-order valence-electron chi connectivity index (χ1n) is 7.45. The monoisotopic (exact) mass is 292 g/mol. The quantitative estimate of drug-likeness (QED) is 0.643. The number of piperidine rings is 1. The van der Waals surface area contributed by atoms with Gasteiger partial charge in [-0.05, 0) is 52.0 Å². The number of benzene rings is 1. The molecule has 3 N–H and O–H groups in total. The second-order valence-electron chi connectivity index (χ2n) is 6.20. The van der Waals surface area contributed by atoms with Crippen LogP contribution in [0.3, 0.4) is 0 Å². The highest BCUT2D eigenvalue weighted by molar-refractivity contribution is 5.94. The number of nitrogen functional groups attached to an aromatic ring is 1. The third-order valence-corrected chi connectivity index (χ3v) is 4.09. The van der Waals surface area contributed by atoms with Crippen molar-refractivity contribution in [1.82, 2.24) is 9.80 Å². The lowest BCUT2D eigenvalue weighted by atomic mass is 9.96. The van der Waals surface area contributed by atoms with Crippen molar-refractivity contribution in [3.63, 3.8) is 0 Å². The Morgan fingerprint density at radius 3 is 2.57 bits per heavy atom. The van der Waals surface area contributed by atoms with Crippen LogP contribution in [-0.2, 0) is 6.54 Å². The van der Waals surface area contributed by atoms with Gasteiger partial charge in [-0.1, -0.05) is 12.1 Å². The van der Waals surface area contributed by atoms with Crippen LogP contribution in [0.4, 0.5) is 4.39 Å². The minimum Gasteiger partial charge on any atom is -0.384 e. The van der Waals surface area contributed by atoms with Gasteiger partial charge in [0.1, 0.15) is 11.7 Å². The molecule has 0 radical (unpaired) electrons. The van der Waals surface area contributed by atoms with Crippen LogP contribution in [0.5, 0.6) is 0 Å². The topological polar surface area (TPSA) is 56.4 Å². The molecule has 0 aliphatic carbocycles. The zero-order valence-electron chi connectivity index (χ0n) is 12.9. The molecule has 1 fully saturated rings. The number of hydrogen-bond donors (Lipinski definition) is 2. The highest BCUT2D eigenvalue weighted by Gasteiger charge is 2.20. The van der Waals surface area contributed by atoms with Gasteiger partial charge in [0.25, 0.3) is 0 Å². The normalized spacial score (nSPS) is 17.3. The van der Waals surface area contributed by atoms with Crippen LogP contribution in [0.15, 0.2) is 18.2 Å². The van der Waals surface area contributed by atoms with Crippen LogP contribution in [-0.4, -0.2) is 49.4 Å². The van der Waals surface area contributed by atoms with E-state index >= 15 is 0 Å². The summed E-state index contributed by atoms with van der Waals surface area (Å²) in [6.45, 7) is 3.81. The van der Waals surface area contributed by atoms with E-state index in [-0.39, 0.29) is 11.7 Å². The first-order chi connectivity index (χ1) is 9.95. The first kappa shape index (κ1) is 15.9. The largest absolute Gasteiger partial charge is 0.384 e. The van der Waals surface area contributed by atoms with Gasteiger partial charge in [0.05, 0.1) is 0 Å². The van der Waals surface area contributed by atoms with E-state index in [0.29, 0.717) is 17.7 Å². The number of amidine groups is 1. The second-order valence-corrected chi connectivity index (χ2v) is 6.20. The Balaban J connectivity index is 1.90. The Morgan fingerprint density at radius 2 is 2.05 bits per heavy atom. The molecule has 1 heterocycles. The number of hydrogen-bond acceptors (Lipinski definition) is 3. The summed E-state index contributed by atoms with van der Waals surface area (Å²) in [7, 11) is 4.22. The number of nitrogens with two attached hydrogens (primary N) is 1. The lowest BCUT2D eigenvalue weighted by Crippen LogP contribution is -2.36. The summed E-state index contributed by atoms with van der Waals surface area (Å²) in [5.41, 5.74) is 6.51. The third kappa shape index (κ3) is 4.51. The van der Waals surface area contributed by atoms with Gasteiger partial charge in [0.2, 0.25) is 0 Å². The Labute approximate surface area is 126 Å². The summed E-state index contributed by atoms with van der Waals surface area (Å²) in [6, 6.07) is 4.83. The summed E-state index contributed by atoms with van der Waals surface area (Å²) in [4.78, 5) is 4.54. The minimum atomic E-state index is -0.266. The maximum Gasteiger partial charge on any atom is 0.128 e. The molecule has 4 nitrogen and oxygen atoms in total. The molecule has 0 aromatic heterocycles. The Bertz CT molecular complexity index is 493. The summed E-state index contributed by atoms with van der Waals surface area (Å²) in [5.74, 6) is 0.393. The molecule has 0 bridgehead atoms. The molecular weight excluding hydrogens is 267 g/mol. The zero-order chi connectivity index (χ0) is 15.4. The van der Waals surface area contributed by atoms with Crippen molar-refractivity contribution in [2.75, 3.05) is 33.7 Å². The maximum atomic E-state index is 14.0. The van der Waals surface area contributed by atoms with Crippen molar-refractivity contribution in [3.05, 3.63) is 35.1 Å².